The largest absolute Gasteiger partial charge is 0.438 e. The fourth-order valence-electron chi connectivity index (χ4n) is 10.1. The summed E-state index contributed by atoms with van der Waals surface area (Å²) < 4.78 is 11.8. The summed E-state index contributed by atoms with van der Waals surface area (Å²) in [5.41, 5.74) is 0. The molecule has 0 amide bonds. The second-order valence-corrected chi connectivity index (χ2v) is 11.3. The SMILES string of the molecule is O=C(OCOC1C2CC3CC(C2)C1C3)C1CC2CC1C1C3CC(CC3O)C21. The molecule has 1 N–H and O–H groups in total. The molecule has 27 heavy (non-hydrogen) atoms. The van der Waals surface area contributed by atoms with Crippen LogP contribution in [0.5, 0.6) is 0 Å². The summed E-state index contributed by atoms with van der Waals surface area (Å²) in [5, 5.41) is 10.3. The predicted octanol–water partition coefficient (Wildman–Crippen LogP) is 3.23. The first-order chi connectivity index (χ1) is 13.2. The maximum absolute atomic E-state index is 12.8. The standard InChI is InChI=1S/C23H32O4/c24-19-8-13-7-18(19)21-16-5-12(20(13)21)6-17(16)23(25)27-9-26-22-14-2-10-1-11(4-14)15(22)3-10/h10-22,24H,1-9H2. The number of hydrogen-bond acceptors (Lipinski definition) is 4. The predicted molar refractivity (Wildman–Crippen MR) is 97.2 cm³/mol. The van der Waals surface area contributed by atoms with Gasteiger partial charge >= 0.3 is 5.97 Å². The molecule has 8 aliphatic carbocycles. The third-order valence-corrected chi connectivity index (χ3v) is 10.5. The fraction of sp³-hybridized carbons (Fsp3) is 0.957. The highest BCUT2D eigenvalue weighted by Crippen LogP contribution is 2.69. The minimum Gasteiger partial charge on any atom is -0.438 e. The summed E-state index contributed by atoms with van der Waals surface area (Å²) in [6.07, 6.45) is 10.2. The van der Waals surface area contributed by atoms with E-state index in [-0.39, 0.29) is 24.8 Å². The van der Waals surface area contributed by atoms with E-state index in [2.05, 4.69) is 0 Å². The van der Waals surface area contributed by atoms with Crippen LogP contribution in [0.3, 0.4) is 0 Å². The number of rotatable bonds is 4. The van der Waals surface area contributed by atoms with Gasteiger partial charge in [-0.25, -0.2) is 0 Å². The van der Waals surface area contributed by atoms with Gasteiger partial charge in [-0.1, -0.05) is 0 Å². The van der Waals surface area contributed by atoms with Crippen LogP contribution >= 0.6 is 0 Å². The van der Waals surface area contributed by atoms with Crippen molar-refractivity contribution in [2.45, 2.75) is 63.6 Å². The van der Waals surface area contributed by atoms with E-state index in [1.807, 2.05) is 0 Å². The van der Waals surface area contributed by atoms with Crippen LogP contribution in [0.4, 0.5) is 0 Å². The molecule has 4 heteroatoms. The fourth-order valence-corrected chi connectivity index (χ4v) is 10.1. The van der Waals surface area contributed by atoms with E-state index in [0.29, 0.717) is 29.8 Å². The molecule has 148 valence electrons. The molecule has 13 atom stereocenters. The Balaban J connectivity index is 0.978. The molecule has 0 aliphatic heterocycles. The Kier molecular flexibility index (Phi) is 3.30. The van der Waals surface area contributed by atoms with Crippen molar-refractivity contribution in [2.24, 2.45) is 65.1 Å². The normalized spacial score (nSPS) is 61.1. The minimum absolute atomic E-state index is 0.00864. The Bertz CT molecular complexity index is 659. The molecule has 4 nitrogen and oxygen atoms in total. The molecule has 8 fully saturated rings. The van der Waals surface area contributed by atoms with Crippen molar-refractivity contribution in [3.8, 4) is 0 Å². The highest BCUT2D eigenvalue weighted by molar-refractivity contribution is 5.73. The number of carbonyl (C=O) groups is 1. The van der Waals surface area contributed by atoms with Gasteiger partial charge in [0.05, 0.1) is 18.1 Å². The van der Waals surface area contributed by atoms with Crippen molar-refractivity contribution in [3.63, 3.8) is 0 Å². The second kappa shape index (κ2) is 5.50. The van der Waals surface area contributed by atoms with Gasteiger partial charge in [-0.05, 0) is 111 Å². The van der Waals surface area contributed by atoms with Crippen LogP contribution in [0.1, 0.15) is 51.4 Å². The lowest BCUT2D eigenvalue weighted by atomic mass is 9.67. The number of fused-ring (bicyclic) bond motifs is 9. The van der Waals surface area contributed by atoms with Crippen LogP contribution in [0, 0.1) is 65.1 Å². The van der Waals surface area contributed by atoms with Gasteiger partial charge in [0.25, 0.3) is 0 Å². The third-order valence-electron chi connectivity index (χ3n) is 10.5. The van der Waals surface area contributed by atoms with Crippen LogP contribution in [0.15, 0.2) is 0 Å². The van der Waals surface area contributed by atoms with Crippen molar-refractivity contribution in [1.82, 2.24) is 0 Å². The van der Waals surface area contributed by atoms with E-state index in [0.717, 1.165) is 48.3 Å². The molecular weight excluding hydrogens is 340 g/mol. The number of ether oxygens (including phenoxy) is 2. The Hall–Kier alpha value is -0.610. The Morgan fingerprint density at radius 1 is 0.778 bits per heavy atom. The number of esters is 1. The molecule has 13 unspecified atom stereocenters. The van der Waals surface area contributed by atoms with Gasteiger partial charge < -0.3 is 14.6 Å². The van der Waals surface area contributed by atoms with Crippen LogP contribution in [0.2, 0.25) is 0 Å². The lowest BCUT2D eigenvalue weighted by Gasteiger charge is -2.39. The summed E-state index contributed by atoms with van der Waals surface area (Å²) in [4.78, 5) is 12.8. The van der Waals surface area contributed by atoms with E-state index >= 15 is 0 Å². The van der Waals surface area contributed by atoms with E-state index in [9.17, 15) is 9.90 Å². The third kappa shape index (κ3) is 2.10. The van der Waals surface area contributed by atoms with Crippen molar-refractivity contribution < 1.29 is 19.4 Å². The zero-order valence-corrected chi connectivity index (χ0v) is 16.0. The number of hydrogen-bond donors (Lipinski definition) is 1. The molecule has 0 heterocycles. The molecule has 0 spiro atoms. The number of aliphatic hydroxyl groups is 1. The summed E-state index contributed by atoms with van der Waals surface area (Å²) >= 11 is 0. The first kappa shape index (κ1) is 16.2. The molecule has 0 saturated heterocycles. The van der Waals surface area contributed by atoms with Gasteiger partial charge in [-0.15, -0.1) is 0 Å². The molecule has 8 rings (SSSR count). The highest BCUT2D eigenvalue weighted by Gasteiger charge is 2.65. The molecule has 8 bridgehead atoms. The van der Waals surface area contributed by atoms with Crippen LogP contribution in [0.25, 0.3) is 0 Å². The van der Waals surface area contributed by atoms with Crippen LogP contribution < -0.4 is 0 Å². The van der Waals surface area contributed by atoms with Gasteiger partial charge in [0.15, 0.2) is 6.79 Å². The molecule has 8 aliphatic rings. The van der Waals surface area contributed by atoms with Crippen molar-refractivity contribution in [3.05, 3.63) is 0 Å². The summed E-state index contributed by atoms with van der Waals surface area (Å²) in [6, 6.07) is 0. The minimum atomic E-state index is -0.108. The quantitative estimate of drug-likeness (QED) is 0.468. The summed E-state index contributed by atoms with van der Waals surface area (Å²) in [7, 11) is 0. The van der Waals surface area contributed by atoms with Crippen molar-refractivity contribution >= 4 is 5.97 Å². The topological polar surface area (TPSA) is 55.8 Å². The van der Waals surface area contributed by atoms with Gasteiger partial charge in [-0.3, -0.25) is 4.79 Å². The van der Waals surface area contributed by atoms with Crippen molar-refractivity contribution in [2.75, 3.05) is 6.79 Å². The van der Waals surface area contributed by atoms with Gasteiger partial charge in [0.2, 0.25) is 0 Å². The molecule has 0 aromatic rings. The number of aliphatic hydroxyl groups excluding tert-OH is 1. The molecule has 8 saturated carbocycles. The monoisotopic (exact) mass is 372 g/mol. The average molecular weight is 373 g/mol. The van der Waals surface area contributed by atoms with E-state index in [1.54, 1.807) is 0 Å². The van der Waals surface area contributed by atoms with E-state index < -0.39 is 0 Å². The van der Waals surface area contributed by atoms with Gasteiger partial charge in [0, 0.05) is 0 Å². The first-order valence-electron chi connectivity index (χ1n) is 11.6. The smallest absolute Gasteiger partial charge is 0.311 e. The molecule has 0 aromatic carbocycles. The lowest BCUT2D eigenvalue weighted by molar-refractivity contribution is -0.175. The highest BCUT2D eigenvalue weighted by atomic mass is 16.7. The Morgan fingerprint density at radius 2 is 1.59 bits per heavy atom. The zero-order chi connectivity index (χ0) is 17.9. The van der Waals surface area contributed by atoms with Gasteiger partial charge in [0.1, 0.15) is 0 Å². The van der Waals surface area contributed by atoms with Gasteiger partial charge in [-0.2, -0.15) is 0 Å². The van der Waals surface area contributed by atoms with Crippen LogP contribution in [-0.4, -0.2) is 30.1 Å². The Labute approximate surface area is 161 Å². The van der Waals surface area contributed by atoms with Crippen LogP contribution in [-0.2, 0) is 14.3 Å². The number of carbonyl (C=O) groups excluding carboxylic acids is 1. The summed E-state index contributed by atoms with van der Waals surface area (Å²) in [6.45, 7) is 0.171. The maximum Gasteiger partial charge on any atom is 0.311 e. The summed E-state index contributed by atoms with van der Waals surface area (Å²) in [5.74, 6) is 7.15. The van der Waals surface area contributed by atoms with Crippen molar-refractivity contribution in [1.29, 1.82) is 0 Å². The zero-order valence-electron chi connectivity index (χ0n) is 16.0. The molecular formula is C23H32O4. The molecule has 0 aromatic heterocycles. The maximum atomic E-state index is 12.8. The second-order valence-electron chi connectivity index (χ2n) is 11.3. The van der Waals surface area contributed by atoms with E-state index in [4.69, 9.17) is 9.47 Å². The van der Waals surface area contributed by atoms with E-state index in [1.165, 1.54) is 38.5 Å². The average Bonchev–Trinajstić information content (AvgIpc) is 3.44. The Morgan fingerprint density at radius 3 is 2.48 bits per heavy atom. The first-order valence-corrected chi connectivity index (χ1v) is 11.6. The molecule has 0 radical (unpaired) electrons. The lowest BCUT2D eigenvalue weighted by Crippen LogP contribution is -2.40.